The molecule has 2 aliphatic heterocycles. The minimum atomic E-state index is -0.804. The largest absolute Gasteiger partial charge is 0.481 e. The summed E-state index contributed by atoms with van der Waals surface area (Å²) < 4.78 is 11.3. The molecule has 2 atom stereocenters. The molecule has 5 rings (SSSR count). The van der Waals surface area contributed by atoms with Gasteiger partial charge in [-0.1, -0.05) is 48.5 Å². The minimum absolute atomic E-state index is 0.0301. The molecule has 0 radical (unpaired) electrons. The summed E-state index contributed by atoms with van der Waals surface area (Å²) in [4.78, 5) is 38.4. The lowest BCUT2D eigenvalue weighted by Crippen LogP contribution is -2.51. The van der Waals surface area contributed by atoms with Crippen LogP contribution < -0.4 is 5.32 Å². The second-order valence-electron chi connectivity index (χ2n) is 9.52. The molecule has 0 saturated carbocycles. The smallest absolute Gasteiger partial charge is 0.407 e. The molecule has 2 fully saturated rings. The number of aliphatic carboxylic acids is 1. The first-order valence-electron chi connectivity index (χ1n) is 12.2. The van der Waals surface area contributed by atoms with Gasteiger partial charge in [0.1, 0.15) is 6.61 Å². The molecule has 8 nitrogen and oxygen atoms in total. The van der Waals surface area contributed by atoms with Gasteiger partial charge in [0.05, 0.1) is 6.04 Å². The molecule has 8 heteroatoms. The van der Waals surface area contributed by atoms with Crippen molar-refractivity contribution in [1.82, 2.24) is 10.2 Å². The molecule has 0 bridgehead atoms. The van der Waals surface area contributed by atoms with Crippen LogP contribution in [0, 0.1) is 5.92 Å². The van der Waals surface area contributed by atoms with Crippen LogP contribution in [0.15, 0.2) is 48.5 Å². The van der Waals surface area contributed by atoms with Crippen molar-refractivity contribution in [3.05, 3.63) is 59.7 Å². The quantitative estimate of drug-likeness (QED) is 0.659. The van der Waals surface area contributed by atoms with Gasteiger partial charge in [-0.05, 0) is 47.4 Å². The van der Waals surface area contributed by atoms with Gasteiger partial charge in [0.2, 0.25) is 0 Å². The number of ether oxygens (including phenoxy) is 2. The average Bonchev–Trinajstić information content (AvgIpc) is 3.45. The van der Waals surface area contributed by atoms with Gasteiger partial charge >= 0.3 is 12.1 Å². The van der Waals surface area contributed by atoms with Crippen molar-refractivity contribution in [3.8, 4) is 11.1 Å². The van der Waals surface area contributed by atoms with Crippen LogP contribution in [-0.4, -0.2) is 66.4 Å². The van der Waals surface area contributed by atoms with E-state index in [1.165, 1.54) is 11.1 Å². The van der Waals surface area contributed by atoms with Crippen LogP contribution >= 0.6 is 0 Å². The summed E-state index contributed by atoms with van der Waals surface area (Å²) in [6.07, 6.45) is 0.695. The fraction of sp³-hybridized carbons (Fsp3) is 0.444. The van der Waals surface area contributed by atoms with Crippen molar-refractivity contribution in [1.29, 1.82) is 0 Å². The van der Waals surface area contributed by atoms with Gasteiger partial charge in [0, 0.05) is 32.0 Å². The first-order chi connectivity index (χ1) is 17.0. The van der Waals surface area contributed by atoms with Crippen molar-refractivity contribution < 1.29 is 29.0 Å². The summed E-state index contributed by atoms with van der Waals surface area (Å²) in [5.41, 5.74) is 4.62. The van der Waals surface area contributed by atoms with Crippen molar-refractivity contribution in [3.63, 3.8) is 0 Å². The van der Waals surface area contributed by atoms with Crippen molar-refractivity contribution in [2.24, 2.45) is 5.92 Å². The average molecular weight is 479 g/mol. The summed E-state index contributed by atoms with van der Waals surface area (Å²) >= 11 is 0. The molecule has 3 aliphatic rings. The highest BCUT2D eigenvalue weighted by Gasteiger charge is 2.39. The number of hydrogen-bond acceptors (Lipinski definition) is 5. The summed E-state index contributed by atoms with van der Waals surface area (Å²) in [6, 6.07) is 15.9. The van der Waals surface area contributed by atoms with Crippen molar-refractivity contribution in [2.75, 3.05) is 26.3 Å². The minimum Gasteiger partial charge on any atom is -0.481 e. The summed E-state index contributed by atoms with van der Waals surface area (Å²) in [5, 5.41) is 11.8. The number of hydrogen-bond donors (Lipinski definition) is 2. The van der Waals surface area contributed by atoms with Crippen LogP contribution in [0.2, 0.25) is 0 Å². The fourth-order valence-electron chi connectivity index (χ4n) is 5.56. The molecule has 2 heterocycles. The van der Waals surface area contributed by atoms with E-state index in [4.69, 9.17) is 14.6 Å². The van der Waals surface area contributed by atoms with Gasteiger partial charge in [-0.2, -0.15) is 0 Å². The van der Waals surface area contributed by atoms with Gasteiger partial charge in [0.25, 0.3) is 5.91 Å². The number of carboxylic acid groups (broad SMARTS) is 1. The van der Waals surface area contributed by atoms with Crippen LogP contribution in [0.5, 0.6) is 0 Å². The second kappa shape index (κ2) is 10.1. The zero-order valence-corrected chi connectivity index (χ0v) is 19.5. The zero-order valence-electron chi connectivity index (χ0n) is 19.5. The standard InChI is InChI=1S/C27H30N2O6/c30-24(31)15-17-9-12-29(13-10-17)26(32)25-23(11-14-34-25)28-27(33)35-16-22-20-7-3-1-5-18(20)19-6-2-4-8-21(19)22/h1-8,17,22-23,25H,9-16H2,(H,28,33)(H,30,31)/t23-,25+/m0/s1. The van der Waals surface area contributed by atoms with Gasteiger partial charge in [-0.15, -0.1) is 0 Å². The zero-order chi connectivity index (χ0) is 24.4. The molecule has 35 heavy (non-hydrogen) atoms. The van der Waals surface area contributed by atoms with Crippen LogP contribution in [-0.2, 0) is 19.1 Å². The SMILES string of the molecule is O=C(O)CC1CCN(C(=O)[C@@H]2OCC[C@@H]2NC(=O)OCC2c3ccccc3-c3ccccc32)CC1. The van der Waals surface area contributed by atoms with E-state index in [1.54, 1.807) is 4.90 Å². The molecule has 2 N–H and O–H groups in total. The topological polar surface area (TPSA) is 105 Å². The van der Waals surface area contributed by atoms with E-state index in [-0.39, 0.29) is 30.8 Å². The predicted octanol–water partition coefficient (Wildman–Crippen LogP) is 3.40. The lowest BCUT2D eigenvalue weighted by molar-refractivity contribution is -0.143. The Morgan fingerprint density at radius 2 is 1.60 bits per heavy atom. The van der Waals surface area contributed by atoms with Gasteiger partial charge in [-0.25, -0.2) is 4.79 Å². The third-order valence-corrected chi connectivity index (χ3v) is 7.37. The van der Waals surface area contributed by atoms with Gasteiger partial charge in [0.15, 0.2) is 6.10 Å². The van der Waals surface area contributed by atoms with E-state index >= 15 is 0 Å². The number of piperidine rings is 1. The number of likely N-dealkylation sites (tertiary alicyclic amines) is 1. The number of rotatable bonds is 6. The van der Waals surface area contributed by atoms with Crippen molar-refractivity contribution >= 4 is 18.0 Å². The van der Waals surface area contributed by atoms with Gasteiger partial charge in [-0.3, -0.25) is 9.59 Å². The lowest BCUT2D eigenvalue weighted by atomic mass is 9.93. The number of carbonyl (C=O) groups is 3. The number of amides is 2. The molecular formula is C27H30N2O6. The third kappa shape index (κ3) is 4.89. The fourth-order valence-corrected chi connectivity index (χ4v) is 5.56. The van der Waals surface area contributed by atoms with Crippen LogP contribution in [0.4, 0.5) is 4.79 Å². The summed E-state index contributed by atoms with van der Waals surface area (Å²) in [5.74, 6) is -0.894. The highest BCUT2D eigenvalue weighted by Crippen LogP contribution is 2.44. The van der Waals surface area contributed by atoms with E-state index in [9.17, 15) is 14.4 Å². The van der Waals surface area contributed by atoms with Crippen LogP contribution in [0.3, 0.4) is 0 Å². The Balaban J connectivity index is 1.16. The predicted molar refractivity (Wildman–Crippen MR) is 128 cm³/mol. The van der Waals surface area contributed by atoms with E-state index in [0.717, 1.165) is 11.1 Å². The number of benzene rings is 2. The normalized spacial score (nSPS) is 21.9. The molecule has 2 amide bonds. The number of carbonyl (C=O) groups excluding carboxylic acids is 2. The Labute approximate surface area is 204 Å². The number of fused-ring (bicyclic) bond motifs is 3. The Kier molecular flexibility index (Phi) is 6.72. The Morgan fingerprint density at radius 3 is 2.23 bits per heavy atom. The molecule has 2 aromatic rings. The molecule has 1 aliphatic carbocycles. The highest BCUT2D eigenvalue weighted by molar-refractivity contribution is 5.83. The van der Waals surface area contributed by atoms with Crippen molar-refractivity contribution in [2.45, 2.75) is 43.7 Å². The number of carboxylic acids is 1. The summed E-state index contributed by atoms with van der Waals surface area (Å²) in [7, 11) is 0. The van der Waals surface area contributed by atoms with Crippen LogP contribution in [0.25, 0.3) is 11.1 Å². The van der Waals surface area contributed by atoms with E-state index < -0.39 is 24.2 Å². The molecule has 0 aromatic heterocycles. The van der Waals surface area contributed by atoms with Gasteiger partial charge < -0.3 is 24.8 Å². The second-order valence-corrected chi connectivity index (χ2v) is 9.52. The monoisotopic (exact) mass is 478 g/mol. The first-order valence-corrected chi connectivity index (χ1v) is 12.2. The number of alkyl carbamates (subject to hydrolysis) is 1. The lowest BCUT2D eigenvalue weighted by Gasteiger charge is -2.33. The Bertz CT molecular complexity index is 1060. The van der Waals surface area contributed by atoms with Crippen LogP contribution in [0.1, 0.15) is 42.7 Å². The molecule has 0 unspecified atom stereocenters. The molecule has 184 valence electrons. The maximum Gasteiger partial charge on any atom is 0.407 e. The summed E-state index contributed by atoms with van der Waals surface area (Å²) in [6.45, 7) is 1.62. The Hall–Kier alpha value is -3.39. The van der Waals surface area contributed by atoms with E-state index in [2.05, 4.69) is 29.6 Å². The molecular weight excluding hydrogens is 448 g/mol. The van der Waals surface area contributed by atoms with E-state index in [1.807, 2.05) is 24.3 Å². The molecule has 2 aromatic carbocycles. The highest BCUT2D eigenvalue weighted by atomic mass is 16.6. The maximum absolute atomic E-state index is 13.1. The first kappa shape index (κ1) is 23.4. The number of nitrogens with one attached hydrogen (secondary N) is 1. The molecule has 2 saturated heterocycles. The number of nitrogens with zero attached hydrogens (tertiary/aromatic N) is 1. The Morgan fingerprint density at radius 1 is 0.971 bits per heavy atom. The molecule has 0 spiro atoms. The third-order valence-electron chi connectivity index (χ3n) is 7.37. The maximum atomic E-state index is 13.1. The van der Waals surface area contributed by atoms with E-state index in [0.29, 0.717) is 39.0 Å².